The first-order valence-corrected chi connectivity index (χ1v) is 10.9. The van der Waals surface area contributed by atoms with Gasteiger partial charge in [0.25, 0.3) is 5.92 Å². The van der Waals surface area contributed by atoms with Crippen LogP contribution in [0.25, 0.3) is 0 Å². The van der Waals surface area contributed by atoms with E-state index in [1.807, 2.05) is 6.92 Å². The van der Waals surface area contributed by atoms with Crippen molar-refractivity contribution in [2.45, 2.75) is 45.7 Å². The SMILES string of the molecule is C=CN=C(C1=CCN(C(C)Nc2ccc(C(C)(F)F)cn2)CC1)/C(Cl)=C\Cc1nnc(C)o1. The molecule has 2 aromatic rings. The fraction of sp³-hybridized carbons (Fsp3) is 0.391. The standard InChI is InChI=1S/C23H27ClF2N6O/c1-5-27-22(19(24)7-9-21-31-30-16(3)33-21)17-10-12-32(13-11-17)15(2)29-20-8-6-18(14-28-20)23(4,25)26/h5-8,10,14-15H,1,9,11-13H2,2-4H3,(H,28,29)/b19-7+,27-22?. The first kappa shape index (κ1) is 24.7. The molecule has 0 spiro atoms. The van der Waals surface area contributed by atoms with Crippen molar-refractivity contribution in [3.8, 4) is 0 Å². The minimum Gasteiger partial charge on any atom is -0.425 e. The first-order chi connectivity index (χ1) is 15.7. The third-order valence-electron chi connectivity index (χ3n) is 5.19. The number of aliphatic imine (C=N–C) groups is 1. The molecule has 2 aromatic heterocycles. The number of hydrogen-bond acceptors (Lipinski definition) is 7. The lowest BCUT2D eigenvalue weighted by Gasteiger charge is -2.32. The number of pyridine rings is 1. The number of alkyl halides is 2. The summed E-state index contributed by atoms with van der Waals surface area (Å²) in [5, 5.41) is 11.5. The van der Waals surface area contributed by atoms with Crippen LogP contribution in [0.5, 0.6) is 0 Å². The molecule has 0 saturated heterocycles. The second-order valence-corrected chi connectivity index (χ2v) is 8.15. The zero-order chi connectivity index (χ0) is 24.0. The molecule has 1 aliphatic rings. The van der Waals surface area contributed by atoms with Crippen LogP contribution in [-0.4, -0.2) is 45.0 Å². The molecule has 1 atom stereocenters. The van der Waals surface area contributed by atoms with Gasteiger partial charge in [0.15, 0.2) is 0 Å². The van der Waals surface area contributed by atoms with Crippen molar-refractivity contribution in [3.05, 3.63) is 71.2 Å². The van der Waals surface area contributed by atoms with E-state index in [0.717, 1.165) is 25.5 Å². The van der Waals surface area contributed by atoms with Gasteiger partial charge >= 0.3 is 0 Å². The molecule has 3 heterocycles. The highest BCUT2D eigenvalue weighted by atomic mass is 35.5. The Morgan fingerprint density at radius 2 is 2.21 bits per heavy atom. The molecule has 1 unspecified atom stereocenters. The third-order valence-corrected chi connectivity index (χ3v) is 5.52. The van der Waals surface area contributed by atoms with Crippen LogP contribution in [0.15, 0.2) is 63.3 Å². The van der Waals surface area contributed by atoms with Gasteiger partial charge in [0, 0.05) is 51.3 Å². The maximum Gasteiger partial charge on any atom is 0.272 e. The van der Waals surface area contributed by atoms with Crippen molar-refractivity contribution in [1.82, 2.24) is 20.1 Å². The smallest absolute Gasteiger partial charge is 0.272 e. The number of anilines is 1. The second-order valence-electron chi connectivity index (χ2n) is 7.75. The monoisotopic (exact) mass is 476 g/mol. The Balaban J connectivity index is 1.62. The molecule has 0 radical (unpaired) electrons. The van der Waals surface area contributed by atoms with Gasteiger partial charge in [0.1, 0.15) is 5.82 Å². The van der Waals surface area contributed by atoms with Gasteiger partial charge in [0.05, 0.1) is 16.9 Å². The van der Waals surface area contributed by atoms with Gasteiger partial charge in [0.2, 0.25) is 11.8 Å². The van der Waals surface area contributed by atoms with Crippen LogP contribution in [0.4, 0.5) is 14.6 Å². The fourth-order valence-electron chi connectivity index (χ4n) is 3.38. The summed E-state index contributed by atoms with van der Waals surface area (Å²) in [6.07, 6.45) is 7.63. The molecule has 0 amide bonds. The minimum atomic E-state index is -2.91. The van der Waals surface area contributed by atoms with Gasteiger partial charge in [-0.25, -0.2) is 13.8 Å². The molecule has 3 rings (SSSR count). The lowest BCUT2D eigenvalue weighted by molar-refractivity contribution is 0.0171. The van der Waals surface area contributed by atoms with E-state index >= 15 is 0 Å². The molecule has 10 heteroatoms. The predicted octanol–water partition coefficient (Wildman–Crippen LogP) is 5.22. The number of rotatable bonds is 9. The van der Waals surface area contributed by atoms with Crippen molar-refractivity contribution < 1.29 is 13.2 Å². The van der Waals surface area contributed by atoms with Crippen LogP contribution < -0.4 is 5.32 Å². The summed E-state index contributed by atoms with van der Waals surface area (Å²) in [4.78, 5) is 10.7. The van der Waals surface area contributed by atoms with E-state index < -0.39 is 5.92 Å². The first-order valence-electron chi connectivity index (χ1n) is 10.6. The Hall–Kier alpha value is -2.91. The molecule has 1 N–H and O–H groups in total. The largest absolute Gasteiger partial charge is 0.425 e. The Morgan fingerprint density at radius 3 is 2.76 bits per heavy atom. The number of aryl methyl sites for hydroxylation is 1. The Kier molecular flexibility index (Phi) is 8.10. The fourth-order valence-corrected chi connectivity index (χ4v) is 3.63. The van der Waals surface area contributed by atoms with Gasteiger partial charge in [-0.2, -0.15) is 0 Å². The van der Waals surface area contributed by atoms with Crippen molar-refractivity contribution in [3.63, 3.8) is 0 Å². The van der Waals surface area contributed by atoms with Crippen LogP contribution in [0.3, 0.4) is 0 Å². The molecule has 33 heavy (non-hydrogen) atoms. The molecule has 7 nitrogen and oxygen atoms in total. The quantitative estimate of drug-likeness (QED) is 0.499. The summed E-state index contributed by atoms with van der Waals surface area (Å²) in [6, 6.07) is 2.96. The zero-order valence-corrected chi connectivity index (χ0v) is 19.6. The summed E-state index contributed by atoms with van der Waals surface area (Å²) in [5.41, 5.74) is 1.58. The average Bonchev–Trinajstić information content (AvgIpc) is 3.21. The van der Waals surface area contributed by atoms with Gasteiger partial charge < -0.3 is 9.73 Å². The van der Waals surface area contributed by atoms with E-state index in [4.69, 9.17) is 16.0 Å². The lowest BCUT2D eigenvalue weighted by Crippen LogP contribution is -2.42. The number of aromatic nitrogens is 3. The van der Waals surface area contributed by atoms with Gasteiger partial charge in [-0.15, -0.1) is 10.2 Å². The average molecular weight is 477 g/mol. The van der Waals surface area contributed by atoms with Crippen LogP contribution in [0, 0.1) is 6.92 Å². The third kappa shape index (κ3) is 6.79. The summed E-state index contributed by atoms with van der Waals surface area (Å²) < 4.78 is 32.1. The number of nitrogens with one attached hydrogen (secondary N) is 1. The Bertz CT molecular complexity index is 1060. The van der Waals surface area contributed by atoms with Crippen molar-refractivity contribution in [2.75, 3.05) is 18.4 Å². The molecule has 1 aliphatic heterocycles. The van der Waals surface area contributed by atoms with Crippen LogP contribution in [-0.2, 0) is 12.3 Å². The maximum absolute atomic E-state index is 13.4. The van der Waals surface area contributed by atoms with Gasteiger partial charge in [-0.1, -0.05) is 30.3 Å². The summed E-state index contributed by atoms with van der Waals surface area (Å²) >= 11 is 6.53. The summed E-state index contributed by atoms with van der Waals surface area (Å²) in [7, 11) is 0. The van der Waals surface area contributed by atoms with E-state index in [1.165, 1.54) is 18.5 Å². The molecular weight excluding hydrogens is 450 g/mol. The lowest BCUT2D eigenvalue weighted by atomic mass is 10.0. The Morgan fingerprint density at radius 1 is 1.42 bits per heavy atom. The topological polar surface area (TPSA) is 79.4 Å². The van der Waals surface area contributed by atoms with E-state index in [2.05, 4.69) is 43.0 Å². The normalized spacial score (nSPS) is 17.0. The van der Waals surface area contributed by atoms with Crippen molar-refractivity contribution >= 4 is 23.1 Å². The molecule has 0 bridgehead atoms. The van der Waals surface area contributed by atoms with E-state index in [0.29, 0.717) is 41.3 Å². The van der Waals surface area contributed by atoms with Gasteiger partial charge in [-0.05, 0) is 31.1 Å². The van der Waals surface area contributed by atoms with Crippen molar-refractivity contribution in [2.24, 2.45) is 4.99 Å². The second kappa shape index (κ2) is 10.8. The highest BCUT2D eigenvalue weighted by Gasteiger charge is 2.25. The molecule has 0 fully saturated rings. The molecule has 0 aliphatic carbocycles. The minimum absolute atomic E-state index is 0.0464. The van der Waals surface area contributed by atoms with Gasteiger partial charge in [-0.3, -0.25) is 9.89 Å². The highest BCUT2D eigenvalue weighted by molar-refractivity contribution is 6.46. The van der Waals surface area contributed by atoms with E-state index in [-0.39, 0.29) is 11.7 Å². The van der Waals surface area contributed by atoms with Crippen LogP contribution in [0.1, 0.15) is 37.6 Å². The molecule has 176 valence electrons. The highest BCUT2D eigenvalue weighted by Crippen LogP contribution is 2.27. The summed E-state index contributed by atoms with van der Waals surface area (Å²) in [5.74, 6) is -1.38. The predicted molar refractivity (Wildman–Crippen MR) is 125 cm³/mol. The molecule has 0 aromatic carbocycles. The number of nitrogens with zero attached hydrogens (tertiary/aromatic N) is 5. The van der Waals surface area contributed by atoms with E-state index in [1.54, 1.807) is 19.1 Å². The number of hydrogen-bond donors (Lipinski definition) is 1. The van der Waals surface area contributed by atoms with Crippen LogP contribution >= 0.6 is 11.6 Å². The zero-order valence-electron chi connectivity index (χ0n) is 18.9. The number of halogens is 3. The maximum atomic E-state index is 13.4. The Labute approximate surface area is 197 Å². The summed E-state index contributed by atoms with van der Waals surface area (Å²) in [6.45, 7) is 9.71. The number of allylic oxidation sites excluding steroid dienone is 2. The van der Waals surface area contributed by atoms with E-state index in [9.17, 15) is 8.78 Å². The van der Waals surface area contributed by atoms with Crippen LogP contribution in [0.2, 0.25) is 0 Å². The molecule has 0 saturated carbocycles. The van der Waals surface area contributed by atoms with Crippen molar-refractivity contribution in [1.29, 1.82) is 0 Å². The molecular formula is C23H27ClF2N6O.